The molecule has 3 aromatic heterocycles. The second-order valence-corrected chi connectivity index (χ2v) is 9.11. The Bertz CT molecular complexity index is 844. The van der Waals surface area contributed by atoms with Crippen molar-refractivity contribution >= 4 is 34.6 Å². The number of anilines is 2. The van der Waals surface area contributed by atoms with Crippen LogP contribution in [0.1, 0.15) is 47.5 Å². The fourth-order valence-electron chi connectivity index (χ4n) is 4.25. The summed E-state index contributed by atoms with van der Waals surface area (Å²) in [7, 11) is 1.63. The number of nitrogens with zero attached hydrogens (tertiary/aromatic N) is 5. The third-order valence-corrected chi connectivity index (χ3v) is 7.48. The molecule has 2 atom stereocenters. The Hall–Kier alpha value is -2.19. The predicted molar refractivity (Wildman–Crippen MR) is 114 cm³/mol. The molecule has 0 radical (unpaired) electrons. The van der Waals surface area contributed by atoms with Gasteiger partial charge in [-0.15, -0.1) is 22.7 Å². The number of rotatable bonds is 5. The molecular weight excluding hydrogens is 390 g/mol. The third-order valence-electron chi connectivity index (χ3n) is 5.54. The van der Waals surface area contributed by atoms with Gasteiger partial charge < -0.3 is 14.5 Å². The van der Waals surface area contributed by atoms with Gasteiger partial charge >= 0.3 is 6.01 Å². The first kappa shape index (κ1) is 17.9. The smallest absolute Gasteiger partial charge is 0.322 e. The summed E-state index contributed by atoms with van der Waals surface area (Å²) in [6, 6.07) is 9.73. The molecule has 2 fully saturated rings. The molecule has 0 bridgehead atoms. The minimum absolute atomic E-state index is 0.339. The van der Waals surface area contributed by atoms with Gasteiger partial charge in [-0.2, -0.15) is 15.0 Å². The highest BCUT2D eigenvalue weighted by atomic mass is 32.1. The van der Waals surface area contributed by atoms with Crippen LogP contribution in [0.5, 0.6) is 6.01 Å². The summed E-state index contributed by atoms with van der Waals surface area (Å²) >= 11 is 3.61. The Morgan fingerprint density at radius 2 is 1.39 bits per heavy atom. The van der Waals surface area contributed by atoms with Crippen LogP contribution in [0.3, 0.4) is 0 Å². The van der Waals surface area contributed by atoms with Crippen molar-refractivity contribution in [2.75, 3.05) is 30.0 Å². The van der Waals surface area contributed by atoms with Gasteiger partial charge in [-0.25, -0.2) is 0 Å². The first-order valence-corrected chi connectivity index (χ1v) is 11.5. The summed E-state index contributed by atoms with van der Waals surface area (Å²) < 4.78 is 5.46. The summed E-state index contributed by atoms with van der Waals surface area (Å²) in [6.45, 7) is 1.92. The highest BCUT2D eigenvalue weighted by molar-refractivity contribution is 7.10. The topological polar surface area (TPSA) is 54.4 Å². The zero-order valence-corrected chi connectivity index (χ0v) is 17.5. The summed E-state index contributed by atoms with van der Waals surface area (Å²) in [5, 5.41) is 4.28. The molecule has 5 heterocycles. The fourth-order valence-corrected chi connectivity index (χ4v) is 6.00. The largest absolute Gasteiger partial charge is 0.467 e. The molecule has 0 N–H and O–H groups in total. The number of thiophene rings is 2. The zero-order chi connectivity index (χ0) is 18.9. The first-order chi connectivity index (χ1) is 13.8. The second-order valence-electron chi connectivity index (χ2n) is 7.16. The van der Waals surface area contributed by atoms with Gasteiger partial charge in [0.15, 0.2) is 0 Å². The van der Waals surface area contributed by atoms with Gasteiger partial charge in [-0.3, -0.25) is 0 Å². The molecule has 2 aliphatic heterocycles. The van der Waals surface area contributed by atoms with Gasteiger partial charge in [0.05, 0.1) is 19.2 Å². The summed E-state index contributed by atoms with van der Waals surface area (Å²) in [5.41, 5.74) is 0. The van der Waals surface area contributed by atoms with Gasteiger partial charge in [0.1, 0.15) is 0 Å². The maximum Gasteiger partial charge on any atom is 0.322 e. The molecule has 2 saturated heterocycles. The van der Waals surface area contributed by atoms with Gasteiger partial charge in [0.25, 0.3) is 0 Å². The van der Waals surface area contributed by atoms with Gasteiger partial charge in [0.2, 0.25) is 11.9 Å². The first-order valence-electron chi connectivity index (χ1n) is 9.73. The van der Waals surface area contributed by atoms with Crippen molar-refractivity contribution in [1.82, 2.24) is 15.0 Å². The molecule has 2 aliphatic rings. The van der Waals surface area contributed by atoms with E-state index in [0.717, 1.165) is 50.7 Å². The summed E-state index contributed by atoms with van der Waals surface area (Å²) in [6.07, 6.45) is 4.55. The molecule has 8 heteroatoms. The molecule has 0 aromatic carbocycles. The van der Waals surface area contributed by atoms with E-state index >= 15 is 0 Å². The van der Waals surface area contributed by atoms with Crippen LogP contribution < -0.4 is 14.5 Å². The summed E-state index contributed by atoms with van der Waals surface area (Å²) in [5.74, 6) is 1.46. The van der Waals surface area contributed by atoms with Crippen LogP contribution in [0.15, 0.2) is 35.0 Å². The molecule has 0 aliphatic carbocycles. The minimum Gasteiger partial charge on any atom is -0.467 e. The lowest BCUT2D eigenvalue weighted by Gasteiger charge is -2.27. The van der Waals surface area contributed by atoms with Crippen molar-refractivity contribution in [3.8, 4) is 6.01 Å². The number of methoxy groups -OCH3 is 1. The Labute approximate surface area is 172 Å². The average Bonchev–Trinajstić information content (AvgIpc) is 3.52. The normalized spacial score (nSPS) is 22.2. The Morgan fingerprint density at radius 1 is 0.857 bits per heavy atom. The highest BCUT2D eigenvalue weighted by Crippen LogP contribution is 2.40. The lowest BCUT2D eigenvalue weighted by atomic mass is 10.2. The van der Waals surface area contributed by atoms with E-state index in [2.05, 4.69) is 54.8 Å². The van der Waals surface area contributed by atoms with E-state index in [1.807, 2.05) is 0 Å². The monoisotopic (exact) mass is 413 g/mol. The quantitative estimate of drug-likeness (QED) is 0.605. The van der Waals surface area contributed by atoms with Crippen LogP contribution in [-0.2, 0) is 0 Å². The Morgan fingerprint density at radius 3 is 1.82 bits per heavy atom. The van der Waals surface area contributed by atoms with Crippen LogP contribution in [-0.4, -0.2) is 35.2 Å². The molecule has 6 nitrogen and oxygen atoms in total. The van der Waals surface area contributed by atoms with Gasteiger partial charge in [-0.1, -0.05) is 12.1 Å². The van der Waals surface area contributed by atoms with E-state index in [1.54, 1.807) is 29.8 Å². The standard InChI is InChI=1S/C20H23N5OS2/c1-26-20-22-18(24-10-2-6-14(24)16-8-4-12-27-16)21-19(23-20)25-11-3-7-15(25)17-9-5-13-28-17/h4-5,8-9,12-15H,2-3,6-7,10-11H2,1H3. The third kappa shape index (κ3) is 3.24. The molecule has 146 valence electrons. The van der Waals surface area contributed by atoms with Gasteiger partial charge in [0, 0.05) is 22.8 Å². The molecule has 0 spiro atoms. The molecule has 2 unspecified atom stereocenters. The second kappa shape index (κ2) is 7.67. The van der Waals surface area contributed by atoms with E-state index in [0.29, 0.717) is 18.1 Å². The van der Waals surface area contributed by atoms with Crippen molar-refractivity contribution in [1.29, 1.82) is 0 Å². The highest BCUT2D eigenvalue weighted by Gasteiger charge is 2.33. The van der Waals surface area contributed by atoms with E-state index in [-0.39, 0.29) is 0 Å². The number of ether oxygens (including phenoxy) is 1. The van der Waals surface area contributed by atoms with Crippen molar-refractivity contribution < 1.29 is 4.74 Å². The molecular formula is C20H23N5OS2. The van der Waals surface area contributed by atoms with Crippen LogP contribution in [0, 0.1) is 0 Å². The van der Waals surface area contributed by atoms with Gasteiger partial charge in [-0.05, 0) is 48.6 Å². The lowest BCUT2D eigenvalue weighted by Crippen LogP contribution is -2.28. The van der Waals surface area contributed by atoms with E-state index in [1.165, 1.54) is 9.75 Å². The van der Waals surface area contributed by atoms with Crippen molar-refractivity contribution in [3.05, 3.63) is 44.8 Å². The average molecular weight is 414 g/mol. The molecule has 28 heavy (non-hydrogen) atoms. The predicted octanol–water partition coefficient (Wildman–Crippen LogP) is 4.69. The fraction of sp³-hybridized carbons (Fsp3) is 0.450. The van der Waals surface area contributed by atoms with E-state index in [9.17, 15) is 0 Å². The van der Waals surface area contributed by atoms with E-state index in [4.69, 9.17) is 9.72 Å². The van der Waals surface area contributed by atoms with E-state index < -0.39 is 0 Å². The molecule has 0 saturated carbocycles. The van der Waals surface area contributed by atoms with Crippen LogP contribution in [0.4, 0.5) is 11.9 Å². The van der Waals surface area contributed by atoms with Crippen LogP contribution in [0.25, 0.3) is 0 Å². The Kier molecular flexibility index (Phi) is 4.90. The summed E-state index contributed by atoms with van der Waals surface area (Å²) in [4.78, 5) is 21.5. The lowest BCUT2D eigenvalue weighted by molar-refractivity contribution is 0.377. The SMILES string of the molecule is COc1nc(N2CCCC2c2cccs2)nc(N2CCCC2c2cccs2)n1. The number of hydrogen-bond donors (Lipinski definition) is 0. The molecule has 0 amide bonds. The van der Waals surface area contributed by atoms with Crippen LogP contribution >= 0.6 is 22.7 Å². The number of hydrogen-bond acceptors (Lipinski definition) is 8. The maximum absolute atomic E-state index is 5.46. The Balaban J connectivity index is 1.50. The maximum atomic E-state index is 5.46. The van der Waals surface area contributed by atoms with Crippen molar-refractivity contribution in [2.45, 2.75) is 37.8 Å². The van der Waals surface area contributed by atoms with Crippen molar-refractivity contribution in [2.24, 2.45) is 0 Å². The molecule has 3 aromatic rings. The van der Waals surface area contributed by atoms with Crippen molar-refractivity contribution in [3.63, 3.8) is 0 Å². The molecule has 5 rings (SSSR count). The zero-order valence-electron chi connectivity index (χ0n) is 15.8. The minimum atomic E-state index is 0.339. The van der Waals surface area contributed by atoms with Crippen LogP contribution in [0.2, 0.25) is 0 Å². The number of aromatic nitrogens is 3.